The van der Waals surface area contributed by atoms with Crippen molar-refractivity contribution in [2.45, 2.75) is 38.1 Å². The number of aliphatic carboxylic acids is 1. The number of hydrogen-bond acceptors (Lipinski definition) is 5. The number of hydrogen-bond donors (Lipinski definition) is 2. The molecule has 0 fully saturated rings. The zero-order chi connectivity index (χ0) is 22.3. The summed E-state index contributed by atoms with van der Waals surface area (Å²) in [5.41, 5.74) is 4.00. The fourth-order valence-corrected chi connectivity index (χ4v) is 4.03. The van der Waals surface area contributed by atoms with Crippen molar-refractivity contribution in [1.29, 1.82) is 0 Å². The summed E-state index contributed by atoms with van der Waals surface area (Å²) in [5.74, 6) is 0.501. The highest BCUT2D eigenvalue weighted by atomic mass is 19.1. The molecule has 0 aliphatic heterocycles. The van der Waals surface area contributed by atoms with Crippen molar-refractivity contribution in [3.8, 4) is 17.1 Å². The zero-order valence-corrected chi connectivity index (χ0v) is 17.8. The number of fused-ring (bicyclic) bond motifs is 1. The highest BCUT2D eigenvalue weighted by Gasteiger charge is 2.24. The molecule has 0 spiro atoms. The number of carbonyl (C=O) groups is 1. The van der Waals surface area contributed by atoms with Crippen molar-refractivity contribution in [2.24, 2.45) is 0 Å². The Balaban J connectivity index is 1.19. The van der Waals surface area contributed by atoms with Crippen LogP contribution >= 0.6 is 0 Å². The first-order chi connectivity index (χ1) is 15.6. The molecule has 1 atom stereocenters. The average Bonchev–Trinajstić information content (AvgIpc) is 3.18. The van der Waals surface area contributed by atoms with Gasteiger partial charge in [0.05, 0.1) is 18.7 Å². The minimum absolute atomic E-state index is 0.117. The van der Waals surface area contributed by atoms with Crippen LogP contribution in [0.3, 0.4) is 0 Å². The van der Waals surface area contributed by atoms with Crippen molar-refractivity contribution in [2.75, 3.05) is 13.2 Å². The van der Waals surface area contributed by atoms with Gasteiger partial charge < -0.3 is 15.2 Å². The number of aromatic nitrogens is 2. The summed E-state index contributed by atoms with van der Waals surface area (Å²) in [7, 11) is 0. The number of carboxylic acids is 1. The van der Waals surface area contributed by atoms with E-state index in [9.17, 15) is 9.18 Å². The second kappa shape index (κ2) is 10.3. The van der Waals surface area contributed by atoms with Crippen LogP contribution in [0, 0.1) is 5.82 Å². The van der Waals surface area contributed by atoms with Crippen molar-refractivity contribution in [1.82, 2.24) is 15.3 Å². The average molecular weight is 435 g/mol. The molecule has 2 aromatic carbocycles. The molecule has 0 amide bonds. The summed E-state index contributed by atoms with van der Waals surface area (Å²) >= 11 is 0. The van der Waals surface area contributed by atoms with Crippen LogP contribution in [-0.4, -0.2) is 34.2 Å². The van der Waals surface area contributed by atoms with E-state index >= 15 is 0 Å². The van der Waals surface area contributed by atoms with Crippen molar-refractivity contribution < 1.29 is 19.0 Å². The van der Waals surface area contributed by atoms with E-state index in [1.54, 1.807) is 18.3 Å². The molecule has 6 nitrogen and oxygen atoms in total. The number of nitrogens with one attached hydrogen (secondary N) is 1. The fraction of sp³-hybridized carbons (Fsp3) is 0.320. The molecule has 1 aromatic heterocycles. The predicted molar refractivity (Wildman–Crippen MR) is 119 cm³/mol. The Morgan fingerprint density at radius 3 is 2.84 bits per heavy atom. The largest absolute Gasteiger partial charge is 0.494 e. The quantitative estimate of drug-likeness (QED) is 0.461. The van der Waals surface area contributed by atoms with Crippen LogP contribution in [0.4, 0.5) is 4.39 Å². The van der Waals surface area contributed by atoms with E-state index in [2.05, 4.69) is 15.3 Å². The van der Waals surface area contributed by atoms with Gasteiger partial charge in [0.15, 0.2) is 5.82 Å². The lowest BCUT2D eigenvalue weighted by atomic mass is 9.98. The normalized spacial score (nSPS) is 14.8. The number of rotatable bonds is 10. The predicted octanol–water partition coefficient (Wildman–Crippen LogP) is 4.35. The van der Waals surface area contributed by atoms with Gasteiger partial charge >= 0.3 is 5.97 Å². The summed E-state index contributed by atoms with van der Waals surface area (Å²) in [6.45, 7) is 1.98. The summed E-state index contributed by atoms with van der Waals surface area (Å²) in [6.07, 6.45) is 4.54. The summed E-state index contributed by atoms with van der Waals surface area (Å²) in [6, 6.07) is 14.0. The number of carboxylic acid groups (broad SMARTS) is 1. The Kier molecular flexibility index (Phi) is 7.07. The third-order valence-electron chi connectivity index (χ3n) is 5.63. The van der Waals surface area contributed by atoms with Gasteiger partial charge in [-0.1, -0.05) is 6.07 Å². The molecule has 1 aliphatic carbocycles. The lowest BCUT2D eigenvalue weighted by Crippen LogP contribution is -2.18. The number of nitrogens with zero attached hydrogens (tertiary/aromatic N) is 2. The molecule has 0 unspecified atom stereocenters. The molecule has 7 heteroatoms. The molecule has 32 heavy (non-hydrogen) atoms. The van der Waals surface area contributed by atoms with Gasteiger partial charge in [-0.3, -0.25) is 4.79 Å². The van der Waals surface area contributed by atoms with Gasteiger partial charge in [-0.15, -0.1) is 0 Å². The van der Waals surface area contributed by atoms with Crippen LogP contribution in [0.5, 0.6) is 5.75 Å². The third-order valence-corrected chi connectivity index (χ3v) is 5.63. The summed E-state index contributed by atoms with van der Waals surface area (Å²) in [4.78, 5) is 19.8. The first kappa shape index (κ1) is 21.9. The third kappa shape index (κ3) is 5.68. The van der Waals surface area contributed by atoms with Crippen LogP contribution in [-0.2, 0) is 17.8 Å². The molecule has 0 saturated carbocycles. The van der Waals surface area contributed by atoms with Crippen molar-refractivity contribution >= 4 is 5.97 Å². The molecule has 1 aliphatic rings. The molecule has 0 saturated heterocycles. The molecule has 0 radical (unpaired) electrons. The van der Waals surface area contributed by atoms with Gasteiger partial charge in [0.2, 0.25) is 0 Å². The van der Waals surface area contributed by atoms with E-state index in [-0.39, 0.29) is 18.2 Å². The maximum absolute atomic E-state index is 13.1. The minimum Gasteiger partial charge on any atom is -0.494 e. The summed E-state index contributed by atoms with van der Waals surface area (Å²) in [5, 5.41) is 12.4. The highest BCUT2D eigenvalue weighted by molar-refractivity contribution is 5.68. The van der Waals surface area contributed by atoms with E-state index in [0.717, 1.165) is 48.4 Å². The van der Waals surface area contributed by atoms with E-state index in [1.807, 2.05) is 24.3 Å². The SMILES string of the molecule is O=C(O)C[C@@H]1CCc2cc(OCCCNCc3ccnc(-c4ccc(F)cc4)n3)ccc21. The standard InChI is InChI=1S/C25H26FN3O3/c26-20-6-4-17(5-7-20)25-28-12-10-21(29-25)16-27-11-1-13-32-22-8-9-23-18(14-22)2-3-19(23)15-24(30)31/h4-10,12,14,19,27H,1-3,11,13,15-16H2,(H,30,31)/t19-/m0/s1. The monoisotopic (exact) mass is 435 g/mol. The Morgan fingerprint density at radius 2 is 2.03 bits per heavy atom. The molecule has 3 aromatic rings. The number of aryl methyl sites for hydroxylation is 1. The second-order valence-corrected chi connectivity index (χ2v) is 7.95. The van der Waals surface area contributed by atoms with Crippen LogP contribution in [0.25, 0.3) is 11.4 Å². The lowest BCUT2D eigenvalue weighted by molar-refractivity contribution is -0.137. The molecule has 166 valence electrons. The smallest absolute Gasteiger partial charge is 0.303 e. The Bertz CT molecular complexity index is 1070. The minimum atomic E-state index is -0.746. The lowest BCUT2D eigenvalue weighted by Gasteiger charge is -2.11. The van der Waals surface area contributed by atoms with Crippen LogP contribution in [0.15, 0.2) is 54.7 Å². The van der Waals surface area contributed by atoms with Gasteiger partial charge in [0.25, 0.3) is 0 Å². The van der Waals surface area contributed by atoms with E-state index < -0.39 is 5.97 Å². The number of halogens is 1. The van der Waals surface area contributed by atoms with Gasteiger partial charge in [-0.05, 0) is 85.3 Å². The fourth-order valence-electron chi connectivity index (χ4n) is 4.03. The number of ether oxygens (including phenoxy) is 1. The maximum Gasteiger partial charge on any atom is 0.303 e. The Hall–Kier alpha value is -3.32. The molecule has 4 rings (SSSR count). The molecule has 0 bridgehead atoms. The molecule has 1 heterocycles. The number of benzene rings is 2. The van der Waals surface area contributed by atoms with Crippen LogP contribution in [0.2, 0.25) is 0 Å². The highest BCUT2D eigenvalue weighted by Crippen LogP contribution is 2.37. The Morgan fingerprint density at radius 1 is 1.19 bits per heavy atom. The second-order valence-electron chi connectivity index (χ2n) is 7.95. The first-order valence-electron chi connectivity index (χ1n) is 10.8. The topological polar surface area (TPSA) is 84.3 Å². The maximum atomic E-state index is 13.1. The molecular weight excluding hydrogens is 409 g/mol. The van der Waals surface area contributed by atoms with Gasteiger partial charge in [0.1, 0.15) is 11.6 Å². The van der Waals surface area contributed by atoms with E-state index in [1.165, 1.54) is 17.7 Å². The Labute approximate surface area is 186 Å². The summed E-state index contributed by atoms with van der Waals surface area (Å²) < 4.78 is 19.0. The van der Waals surface area contributed by atoms with Crippen molar-refractivity contribution in [3.63, 3.8) is 0 Å². The molecular formula is C25H26FN3O3. The van der Waals surface area contributed by atoms with Crippen molar-refractivity contribution in [3.05, 3.63) is 77.4 Å². The van der Waals surface area contributed by atoms with Gasteiger partial charge in [0, 0.05) is 18.3 Å². The van der Waals surface area contributed by atoms with E-state index in [4.69, 9.17) is 9.84 Å². The van der Waals surface area contributed by atoms with Crippen LogP contribution < -0.4 is 10.1 Å². The van der Waals surface area contributed by atoms with E-state index in [0.29, 0.717) is 19.0 Å². The zero-order valence-electron chi connectivity index (χ0n) is 17.8. The first-order valence-corrected chi connectivity index (χ1v) is 10.8. The van der Waals surface area contributed by atoms with Gasteiger partial charge in [-0.25, -0.2) is 14.4 Å². The van der Waals surface area contributed by atoms with Crippen LogP contribution in [0.1, 0.15) is 42.0 Å². The molecule has 2 N–H and O–H groups in total. The van der Waals surface area contributed by atoms with Gasteiger partial charge in [-0.2, -0.15) is 0 Å².